The Morgan fingerprint density at radius 3 is 3.06 bits per heavy atom. The van der Waals surface area contributed by atoms with E-state index in [2.05, 4.69) is 27.4 Å². The molecular formula is C13H22N4O. The molecule has 0 amide bonds. The van der Waals surface area contributed by atoms with Gasteiger partial charge in [0.2, 0.25) is 5.89 Å². The molecule has 0 spiro atoms. The van der Waals surface area contributed by atoms with Crippen LogP contribution in [0.15, 0.2) is 4.52 Å². The zero-order chi connectivity index (χ0) is 12.4. The molecule has 0 aliphatic carbocycles. The van der Waals surface area contributed by atoms with Gasteiger partial charge in [0.15, 0.2) is 5.82 Å². The lowest BCUT2D eigenvalue weighted by Crippen LogP contribution is -2.37. The third-order valence-corrected chi connectivity index (χ3v) is 4.19. The van der Waals surface area contributed by atoms with Crippen LogP contribution in [0.2, 0.25) is 0 Å². The van der Waals surface area contributed by atoms with Gasteiger partial charge < -0.3 is 14.7 Å². The van der Waals surface area contributed by atoms with Crippen molar-refractivity contribution >= 4 is 0 Å². The Labute approximate surface area is 108 Å². The normalized spacial score (nSPS) is 29.8. The van der Waals surface area contributed by atoms with Gasteiger partial charge in [0.25, 0.3) is 0 Å². The lowest BCUT2D eigenvalue weighted by atomic mass is 10.0. The minimum absolute atomic E-state index is 0.312. The van der Waals surface area contributed by atoms with Gasteiger partial charge >= 0.3 is 0 Å². The van der Waals surface area contributed by atoms with Gasteiger partial charge in [-0.3, -0.25) is 0 Å². The molecule has 1 aromatic heterocycles. The van der Waals surface area contributed by atoms with Crippen molar-refractivity contribution in [3.8, 4) is 0 Å². The molecule has 2 aliphatic rings. The maximum Gasteiger partial charge on any atom is 0.228 e. The Kier molecular flexibility index (Phi) is 3.61. The first-order valence-corrected chi connectivity index (χ1v) is 7.09. The van der Waals surface area contributed by atoms with Crippen LogP contribution in [0, 0.1) is 0 Å². The van der Waals surface area contributed by atoms with Crippen molar-refractivity contribution in [2.24, 2.45) is 0 Å². The van der Waals surface area contributed by atoms with Crippen molar-refractivity contribution in [2.75, 3.05) is 20.1 Å². The van der Waals surface area contributed by atoms with Crippen LogP contribution in [0.1, 0.15) is 49.9 Å². The SMILES string of the molecule is CN1CCCCC1Cc1nc(C2CCCN2)no1. The van der Waals surface area contributed by atoms with E-state index in [-0.39, 0.29) is 0 Å². The zero-order valence-corrected chi connectivity index (χ0v) is 11.1. The summed E-state index contributed by atoms with van der Waals surface area (Å²) < 4.78 is 5.40. The summed E-state index contributed by atoms with van der Waals surface area (Å²) in [5, 5.41) is 7.52. The van der Waals surface area contributed by atoms with Crippen molar-refractivity contribution < 1.29 is 4.52 Å². The van der Waals surface area contributed by atoms with Crippen molar-refractivity contribution in [2.45, 2.75) is 50.6 Å². The van der Waals surface area contributed by atoms with E-state index in [0.717, 1.165) is 31.1 Å². The first-order chi connectivity index (χ1) is 8.83. The predicted molar refractivity (Wildman–Crippen MR) is 68.2 cm³/mol. The molecule has 5 nitrogen and oxygen atoms in total. The van der Waals surface area contributed by atoms with Gasteiger partial charge in [-0.25, -0.2) is 0 Å². The summed E-state index contributed by atoms with van der Waals surface area (Å²) in [5.74, 6) is 1.65. The summed E-state index contributed by atoms with van der Waals surface area (Å²) in [6.07, 6.45) is 7.11. The van der Waals surface area contributed by atoms with E-state index in [1.165, 1.54) is 32.2 Å². The standard InChI is InChI=1S/C13H22N4O/c1-17-8-3-2-5-10(17)9-12-15-13(16-18-12)11-6-4-7-14-11/h10-11,14H,2-9H2,1H3. The fourth-order valence-electron chi connectivity index (χ4n) is 3.00. The molecule has 2 aliphatic heterocycles. The summed E-state index contributed by atoms with van der Waals surface area (Å²) in [7, 11) is 2.19. The second-order valence-corrected chi connectivity index (χ2v) is 5.53. The van der Waals surface area contributed by atoms with Crippen LogP contribution in [0.3, 0.4) is 0 Å². The maximum absolute atomic E-state index is 5.40. The molecule has 0 saturated carbocycles. The molecule has 3 rings (SSSR count). The Morgan fingerprint density at radius 1 is 1.33 bits per heavy atom. The molecule has 18 heavy (non-hydrogen) atoms. The van der Waals surface area contributed by atoms with Crippen LogP contribution in [0.25, 0.3) is 0 Å². The summed E-state index contributed by atoms with van der Waals surface area (Å²) in [6.45, 7) is 2.26. The topological polar surface area (TPSA) is 54.2 Å². The van der Waals surface area contributed by atoms with Gasteiger partial charge in [0.05, 0.1) is 6.04 Å². The number of piperidine rings is 1. The molecule has 5 heteroatoms. The number of rotatable bonds is 3. The number of nitrogens with zero attached hydrogens (tertiary/aromatic N) is 3. The van der Waals surface area contributed by atoms with E-state index in [1.807, 2.05) is 0 Å². The highest BCUT2D eigenvalue weighted by Crippen LogP contribution is 2.22. The number of hydrogen-bond donors (Lipinski definition) is 1. The fraction of sp³-hybridized carbons (Fsp3) is 0.846. The molecule has 2 atom stereocenters. The molecular weight excluding hydrogens is 228 g/mol. The average Bonchev–Trinajstić information content (AvgIpc) is 3.02. The van der Waals surface area contributed by atoms with E-state index < -0.39 is 0 Å². The Hall–Kier alpha value is -0.940. The summed E-state index contributed by atoms with van der Waals surface area (Å²) >= 11 is 0. The van der Waals surface area contributed by atoms with Gasteiger partial charge in [0, 0.05) is 12.5 Å². The number of hydrogen-bond acceptors (Lipinski definition) is 5. The Morgan fingerprint density at radius 2 is 2.28 bits per heavy atom. The van der Waals surface area contributed by atoms with Crippen LogP contribution >= 0.6 is 0 Å². The zero-order valence-electron chi connectivity index (χ0n) is 11.1. The van der Waals surface area contributed by atoms with Gasteiger partial charge in [-0.2, -0.15) is 4.98 Å². The lowest BCUT2D eigenvalue weighted by molar-refractivity contribution is 0.173. The van der Waals surface area contributed by atoms with Crippen LogP contribution in [-0.4, -0.2) is 41.2 Å². The number of likely N-dealkylation sites (tertiary alicyclic amines) is 1. The second-order valence-electron chi connectivity index (χ2n) is 5.53. The first kappa shape index (κ1) is 12.1. The quantitative estimate of drug-likeness (QED) is 0.881. The molecule has 0 radical (unpaired) electrons. The lowest BCUT2D eigenvalue weighted by Gasteiger charge is -2.31. The van der Waals surface area contributed by atoms with E-state index in [1.54, 1.807) is 0 Å². The number of likely N-dealkylation sites (N-methyl/N-ethyl adjacent to an activating group) is 1. The van der Waals surface area contributed by atoms with Crippen molar-refractivity contribution in [3.63, 3.8) is 0 Å². The Balaban J connectivity index is 1.62. The molecule has 0 aromatic carbocycles. The van der Waals surface area contributed by atoms with Crippen LogP contribution in [0.5, 0.6) is 0 Å². The minimum atomic E-state index is 0.312. The van der Waals surface area contributed by atoms with Gasteiger partial charge in [0.1, 0.15) is 0 Å². The molecule has 1 N–H and O–H groups in total. The molecule has 100 valence electrons. The van der Waals surface area contributed by atoms with Crippen molar-refractivity contribution in [1.29, 1.82) is 0 Å². The number of nitrogens with one attached hydrogen (secondary N) is 1. The highest BCUT2D eigenvalue weighted by Gasteiger charge is 2.25. The van der Waals surface area contributed by atoms with Crippen LogP contribution in [-0.2, 0) is 6.42 Å². The van der Waals surface area contributed by atoms with Gasteiger partial charge in [-0.1, -0.05) is 11.6 Å². The molecule has 1 aromatic rings. The van der Waals surface area contributed by atoms with Crippen molar-refractivity contribution in [1.82, 2.24) is 20.4 Å². The third-order valence-electron chi connectivity index (χ3n) is 4.19. The van der Waals surface area contributed by atoms with Crippen LogP contribution < -0.4 is 5.32 Å². The predicted octanol–water partition coefficient (Wildman–Crippen LogP) is 1.52. The smallest absolute Gasteiger partial charge is 0.228 e. The number of aromatic nitrogens is 2. The molecule has 0 bridgehead atoms. The van der Waals surface area contributed by atoms with E-state index >= 15 is 0 Å². The largest absolute Gasteiger partial charge is 0.339 e. The van der Waals surface area contributed by atoms with Crippen LogP contribution in [0.4, 0.5) is 0 Å². The third kappa shape index (κ3) is 2.57. The summed E-state index contributed by atoms with van der Waals surface area (Å²) in [5.41, 5.74) is 0. The maximum atomic E-state index is 5.40. The van der Waals surface area contributed by atoms with Crippen molar-refractivity contribution in [3.05, 3.63) is 11.7 Å². The molecule has 2 fully saturated rings. The summed E-state index contributed by atoms with van der Waals surface area (Å²) in [6, 6.07) is 0.884. The molecule has 2 saturated heterocycles. The first-order valence-electron chi connectivity index (χ1n) is 7.09. The monoisotopic (exact) mass is 250 g/mol. The summed E-state index contributed by atoms with van der Waals surface area (Å²) in [4.78, 5) is 6.97. The second kappa shape index (κ2) is 5.36. The van der Waals surface area contributed by atoms with E-state index in [9.17, 15) is 0 Å². The fourth-order valence-corrected chi connectivity index (χ4v) is 3.00. The molecule has 3 heterocycles. The molecule has 2 unspecified atom stereocenters. The van der Waals surface area contributed by atoms with Gasteiger partial charge in [-0.15, -0.1) is 0 Å². The Bertz CT molecular complexity index is 386. The minimum Gasteiger partial charge on any atom is -0.339 e. The highest BCUT2D eigenvalue weighted by molar-refractivity contribution is 4.98. The average molecular weight is 250 g/mol. The van der Waals surface area contributed by atoms with Gasteiger partial charge in [-0.05, 0) is 45.8 Å². The van der Waals surface area contributed by atoms with E-state index in [4.69, 9.17) is 4.52 Å². The van der Waals surface area contributed by atoms with E-state index in [0.29, 0.717) is 12.1 Å². The highest BCUT2D eigenvalue weighted by atomic mass is 16.5.